The molecule has 2 N–H and O–H groups in total. The van der Waals surface area contributed by atoms with Crippen LogP contribution in [0.3, 0.4) is 0 Å². The summed E-state index contributed by atoms with van der Waals surface area (Å²) >= 11 is 0. The van der Waals surface area contributed by atoms with Crippen LogP contribution >= 0.6 is 0 Å². The van der Waals surface area contributed by atoms with Crippen LogP contribution in [-0.2, 0) is 10.4 Å². The topological polar surface area (TPSA) is 70.9 Å². The van der Waals surface area contributed by atoms with Gasteiger partial charge in [-0.15, -0.1) is 0 Å². The summed E-state index contributed by atoms with van der Waals surface area (Å²) in [5, 5.41) is 15.5. The minimum atomic E-state index is -1.86. The molecule has 0 heterocycles. The van der Waals surface area contributed by atoms with Crippen molar-refractivity contribution >= 4 is 12.1 Å². The third-order valence-corrected chi connectivity index (χ3v) is 4.76. The molecule has 3 aromatic rings. The number of hydrazone groups is 1. The molecule has 3 aromatic carbocycles. The van der Waals surface area contributed by atoms with Gasteiger partial charge in [0.2, 0.25) is 0 Å². The van der Waals surface area contributed by atoms with Crippen LogP contribution in [0.4, 0.5) is 0 Å². The van der Waals surface area contributed by atoms with Crippen LogP contribution < -0.4 is 10.2 Å². The number of ether oxygens (including phenoxy) is 1. The van der Waals surface area contributed by atoms with Gasteiger partial charge >= 0.3 is 0 Å². The standard InChI is InChI=1S/C24H24N2O3/c1-17-4-10-20(11-5-17)24(28,21-12-6-18(2)7-13-21)23(27)26-25-16-19-8-14-22(29-3)15-9-19/h4-16,28H,1-3H3,(H,26,27)/b25-16+. The summed E-state index contributed by atoms with van der Waals surface area (Å²) in [6, 6.07) is 21.7. The van der Waals surface area contributed by atoms with E-state index in [-0.39, 0.29) is 0 Å². The zero-order valence-electron chi connectivity index (χ0n) is 16.7. The van der Waals surface area contributed by atoms with Gasteiger partial charge in [0, 0.05) is 0 Å². The lowest BCUT2D eigenvalue weighted by molar-refractivity contribution is -0.136. The van der Waals surface area contributed by atoms with Crippen molar-refractivity contribution < 1.29 is 14.6 Å². The van der Waals surface area contributed by atoms with E-state index >= 15 is 0 Å². The molecule has 3 rings (SSSR count). The number of benzene rings is 3. The van der Waals surface area contributed by atoms with Crippen molar-refractivity contribution in [2.24, 2.45) is 5.10 Å². The summed E-state index contributed by atoms with van der Waals surface area (Å²) in [6.45, 7) is 3.90. The molecule has 148 valence electrons. The fourth-order valence-corrected chi connectivity index (χ4v) is 2.95. The van der Waals surface area contributed by atoms with Gasteiger partial charge in [0.1, 0.15) is 5.75 Å². The van der Waals surface area contributed by atoms with E-state index in [0.29, 0.717) is 11.1 Å². The molecule has 0 bridgehead atoms. The van der Waals surface area contributed by atoms with Gasteiger partial charge in [0.15, 0.2) is 5.60 Å². The molecule has 0 atom stereocenters. The summed E-state index contributed by atoms with van der Waals surface area (Å²) in [5.74, 6) is 0.106. The molecular weight excluding hydrogens is 364 g/mol. The summed E-state index contributed by atoms with van der Waals surface area (Å²) < 4.78 is 5.12. The zero-order chi connectivity index (χ0) is 20.9. The third kappa shape index (κ3) is 4.52. The number of nitrogens with zero attached hydrogens (tertiary/aromatic N) is 1. The van der Waals surface area contributed by atoms with E-state index in [9.17, 15) is 9.90 Å². The van der Waals surface area contributed by atoms with E-state index in [1.54, 1.807) is 43.5 Å². The molecule has 0 saturated heterocycles. The Morgan fingerprint density at radius 3 is 1.83 bits per heavy atom. The number of carbonyl (C=O) groups excluding carboxylic acids is 1. The monoisotopic (exact) mass is 388 g/mol. The Morgan fingerprint density at radius 2 is 1.38 bits per heavy atom. The molecule has 0 unspecified atom stereocenters. The second kappa shape index (κ2) is 8.71. The second-order valence-corrected chi connectivity index (χ2v) is 6.91. The molecule has 0 aliphatic rings. The number of aryl methyl sites for hydroxylation is 2. The average molecular weight is 388 g/mol. The number of nitrogens with one attached hydrogen (secondary N) is 1. The predicted molar refractivity (Wildman–Crippen MR) is 114 cm³/mol. The normalized spacial score (nSPS) is 11.4. The molecule has 1 amide bonds. The molecule has 0 aliphatic heterocycles. The van der Waals surface area contributed by atoms with Gasteiger partial charge in [-0.3, -0.25) is 4.79 Å². The van der Waals surface area contributed by atoms with Crippen LogP contribution in [0.1, 0.15) is 27.8 Å². The molecule has 29 heavy (non-hydrogen) atoms. The van der Waals surface area contributed by atoms with E-state index in [1.165, 1.54) is 6.21 Å². The molecule has 0 radical (unpaired) electrons. The van der Waals surface area contributed by atoms with Crippen molar-refractivity contribution in [2.45, 2.75) is 19.4 Å². The highest BCUT2D eigenvalue weighted by atomic mass is 16.5. The lowest BCUT2D eigenvalue weighted by atomic mass is 9.85. The number of methoxy groups -OCH3 is 1. The van der Waals surface area contributed by atoms with Crippen LogP contribution in [0, 0.1) is 13.8 Å². The fraction of sp³-hybridized carbons (Fsp3) is 0.167. The van der Waals surface area contributed by atoms with Crippen molar-refractivity contribution in [3.05, 3.63) is 101 Å². The summed E-state index contributed by atoms with van der Waals surface area (Å²) in [7, 11) is 1.60. The molecule has 5 nitrogen and oxygen atoms in total. The van der Waals surface area contributed by atoms with Crippen LogP contribution in [0.15, 0.2) is 77.9 Å². The maximum absolute atomic E-state index is 13.0. The van der Waals surface area contributed by atoms with Gasteiger partial charge in [-0.05, 0) is 54.8 Å². The maximum Gasteiger partial charge on any atom is 0.281 e. The maximum atomic E-state index is 13.0. The highest BCUT2D eigenvalue weighted by Gasteiger charge is 2.40. The quantitative estimate of drug-likeness (QED) is 0.500. The number of amides is 1. The van der Waals surface area contributed by atoms with Crippen LogP contribution in [-0.4, -0.2) is 24.3 Å². The van der Waals surface area contributed by atoms with E-state index in [1.807, 2.05) is 50.2 Å². The van der Waals surface area contributed by atoms with Gasteiger partial charge < -0.3 is 9.84 Å². The Kier molecular flexibility index (Phi) is 6.10. The molecule has 0 aromatic heterocycles. The third-order valence-electron chi connectivity index (χ3n) is 4.76. The summed E-state index contributed by atoms with van der Waals surface area (Å²) in [6.07, 6.45) is 1.52. The Morgan fingerprint density at radius 1 is 0.897 bits per heavy atom. The number of aliphatic hydroxyl groups is 1. The van der Waals surface area contributed by atoms with Crippen LogP contribution in [0.25, 0.3) is 0 Å². The summed E-state index contributed by atoms with van der Waals surface area (Å²) in [4.78, 5) is 13.0. The first kappa shape index (κ1) is 20.3. The first-order chi connectivity index (χ1) is 13.9. The molecule has 5 heteroatoms. The first-order valence-corrected chi connectivity index (χ1v) is 9.27. The highest BCUT2D eigenvalue weighted by molar-refractivity contribution is 5.91. The average Bonchev–Trinajstić information content (AvgIpc) is 2.74. The summed E-state index contributed by atoms with van der Waals surface area (Å²) in [5.41, 5.74) is 4.44. The largest absolute Gasteiger partial charge is 0.497 e. The minimum absolute atomic E-state index is 0.476. The first-order valence-electron chi connectivity index (χ1n) is 9.27. The van der Waals surface area contributed by atoms with E-state index < -0.39 is 11.5 Å². The van der Waals surface area contributed by atoms with Crippen molar-refractivity contribution in [3.8, 4) is 5.75 Å². The predicted octanol–water partition coefficient (Wildman–Crippen LogP) is 3.70. The Balaban J connectivity index is 1.88. The highest BCUT2D eigenvalue weighted by Crippen LogP contribution is 2.30. The van der Waals surface area contributed by atoms with E-state index in [0.717, 1.165) is 22.4 Å². The van der Waals surface area contributed by atoms with Crippen molar-refractivity contribution in [2.75, 3.05) is 7.11 Å². The molecule has 0 fully saturated rings. The number of carbonyl (C=O) groups is 1. The lowest BCUT2D eigenvalue weighted by Gasteiger charge is -2.27. The van der Waals surface area contributed by atoms with Crippen LogP contribution in [0.2, 0.25) is 0 Å². The van der Waals surface area contributed by atoms with Crippen molar-refractivity contribution in [1.82, 2.24) is 5.43 Å². The minimum Gasteiger partial charge on any atom is -0.497 e. The number of rotatable bonds is 6. The zero-order valence-corrected chi connectivity index (χ0v) is 16.7. The van der Waals surface area contributed by atoms with Gasteiger partial charge in [0.05, 0.1) is 13.3 Å². The van der Waals surface area contributed by atoms with Gasteiger partial charge in [-0.25, -0.2) is 5.43 Å². The van der Waals surface area contributed by atoms with Crippen molar-refractivity contribution in [3.63, 3.8) is 0 Å². The molecule has 0 aliphatic carbocycles. The second-order valence-electron chi connectivity index (χ2n) is 6.91. The Hall–Kier alpha value is -3.44. The SMILES string of the molecule is COc1ccc(/C=N/NC(=O)C(O)(c2ccc(C)cc2)c2ccc(C)cc2)cc1. The Labute approximate surface area is 170 Å². The van der Waals surface area contributed by atoms with Crippen LogP contribution in [0.5, 0.6) is 5.75 Å². The van der Waals surface area contributed by atoms with E-state index in [2.05, 4.69) is 10.5 Å². The van der Waals surface area contributed by atoms with E-state index in [4.69, 9.17) is 4.74 Å². The van der Waals surface area contributed by atoms with Crippen molar-refractivity contribution in [1.29, 1.82) is 0 Å². The Bertz CT molecular complexity index is 946. The molecule has 0 saturated carbocycles. The molecular formula is C24H24N2O3. The fourth-order valence-electron chi connectivity index (χ4n) is 2.95. The number of hydrogen-bond donors (Lipinski definition) is 2. The van der Waals surface area contributed by atoms with Gasteiger partial charge in [-0.1, -0.05) is 59.7 Å². The number of hydrogen-bond acceptors (Lipinski definition) is 4. The lowest BCUT2D eigenvalue weighted by Crippen LogP contribution is -2.43. The smallest absolute Gasteiger partial charge is 0.281 e. The van der Waals surface area contributed by atoms with Gasteiger partial charge in [-0.2, -0.15) is 5.10 Å². The molecule has 0 spiro atoms. The van der Waals surface area contributed by atoms with Gasteiger partial charge in [0.25, 0.3) is 5.91 Å².